The van der Waals surface area contributed by atoms with Crippen molar-refractivity contribution in [2.45, 2.75) is 12.6 Å². The van der Waals surface area contributed by atoms with E-state index < -0.39 is 12.7 Å². The Kier molecular flexibility index (Phi) is 6.44. The number of hydrogen-bond donors (Lipinski definition) is 1. The highest BCUT2D eigenvalue weighted by atomic mass is 19.4. The van der Waals surface area contributed by atoms with E-state index in [1.165, 1.54) is 12.0 Å². The minimum atomic E-state index is -4.16. The van der Waals surface area contributed by atoms with E-state index in [2.05, 4.69) is 5.32 Å². The number of benzene rings is 1. The molecule has 0 aliphatic carbocycles. The lowest BCUT2D eigenvalue weighted by Gasteiger charge is -2.34. The van der Waals surface area contributed by atoms with Gasteiger partial charge < -0.3 is 15.0 Å². The number of ether oxygens (including phenoxy) is 1. The molecule has 0 saturated carbocycles. The van der Waals surface area contributed by atoms with Gasteiger partial charge in [-0.3, -0.25) is 9.69 Å². The van der Waals surface area contributed by atoms with Crippen LogP contribution < -0.4 is 10.1 Å². The second kappa shape index (κ2) is 8.34. The van der Waals surface area contributed by atoms with Crippen LogP contribution in [-0.2, 0) is 4.79 Å². The first kappa shape index (κ1) is 18.5. The Morgan fingerprint density at radius 3 is 2.42 bits per heavy atom. The molecule has 1 aromatic carbocycles. The molecule has 134 valence electrons. The Hall–Kier alpha value is -1.80. The molecule has 0 bridgehead atoms. The molecule has 5 nitrogen and oxygen atoms in total. The van der Waals surface area contributed by atoms with Crippen LogP contribution in [0.5, 0.6) is 5.75 Å². The summed E-state index contributed by atoms with van der Waals surface area (Å²) in [6.07, 6.45) is -3.87. The van der Waals surface area contributed by atoms with Gasteiger partial charge in [0.2, 0.25) is 5.91 Å². The molecule has 8 heteroatoms. The Balaban J connectivity index is 1.71. The van der Waals surface area contributed by atoms with Gasteiger partial charge in [-0.1, -0.05) is 12.1 Å². The van der Waals surface area contributed by atoms with Crippen molar-refractivity contribution in [3.8, 4) is 5.75 Å². The number of amides is 1. The molecule has 0 aromatic heterocycles. The Bertz CT molecular complexity index is 544. The molecule has 1 aliphatic heterocycles. The number of nitrogens with one attached hydrogen (secondary N) is 1. The van der Waals surface area contributed by atoms with E-state index in [4.69, 9.17) is 4.74 Å². The number of rotatable bonds is 6. The lowest BCUT2D eigenvalue weighted by Crippen LogP contribution is -2.49. The molecule has 1 amide bonds. The molecule has 24 heavy (non-hydrogen) atoms. The molecule has 1 saturated heterocycles. The van der Waals surface area contributed by atoms with Crippen molar-refractivity contribution in [1.29, 1.82) is 0 Å². The quantitative estimate of drug-likeness (QED) is 0.859. The number of carbonyl (C=O) groups is 1. The van der Waals surface area contributed by atoms with Crippen LogP contribution in [0.4, 0.5) is 18.9 Å². The topological polar surface area (TPSA) is 44.8 Å². The van der Waals surface area contributed by atoms with Crippen molar-refractivity contribution < 1.29 is 22.7 Å². The van der Waals surface area contributed by atoms with Crippen molar-refractivity contribution in [2.24, 2.45) is 0 Å². The zero-order valence-electron chi connectivity index (χ0n) is 13.6. The Labute approximate surface area is 139 Å². The zero-order chi connectivity index (χ0) is 17.6. The van der Waals surface area contributed by atoms with E-state index >= 15 is 0 Å². The van der Waals surface area contributed by atoms with Gasteiger partial charge in [0.15, 0.2) is 0 Å². The summed E-state index contributed by atoms with van der Waals surface area (Å²) in [6, 6.07) is 7.13. The lowest BCUT2D eigenvalue weighted by atomic mass is 10.2. The SMILES string of the molecule is COc1ccccc1NC(=O)CCN1CCN(CC(F)(F)F)CC1. The standard InChI is InChI=1S/C16H22F3N3O2/c1-24-14-5-3-2-4-13(14)20-15(23)6-7-21-8-10-22(11-9-21)12-16(17,18)19/h2-5H,6-12H2,1H3,(H,20,23). The van der Waals surface area contributed by atoms with Crippen molar-refractivity contribution in [3.63, 3.8) is 0 Å². The van der Waals surface area contributed by atoms with E-state index in [-0.39, 0.29) is 12.3 Å². The molecule has 1 aliphatic rings. The third-order valence-electron chi connectivity index (χ3n) is 3.90. The van der Waals surface area contributed by atoms with Crippen molar-refractivity contribution in [2.75, 3.05) is 51.7 Å². The molecule has 1 N–H and O–H groups in total. The molecule has 1 fully saturated rings. The van der Waals surface area contributed by atoms with E-state index in [1.807, 2.05) is 11.0 Å². The van der Waals surface area contributed by atoms with Crippen molar-refractivity contribution in [1.82, 2.24) is 9.80 Å². The fourth-order valence-corrected chi connectivity index (χ4v) is 2.64. The summed E-state index contributed by atoms with van der Waals surface area (Å²) in [7, 11) is 1.53. The summed E-state index contributed by atoms with van der Waals surface area (Å²) in [6.45, 7) is 1.48. The van der Waals surface area contributed by atoms with Crippen LogP contribution in [0.2, 0.25) is 0 Å². The zero-order valence-corrected chi connectivity index (χ0v) is 13.6. The van der Waals surface area contributed by atoms with Crippen LogP contribution in [-0.4, -0.2) is 68.3 Å². The molecular weight excluding hydrogens is 323 g/mol. The van der Waals surface area contributed by atoms with Crippen molar-refractivity contribution >= 4 is 11.6 Å². The number of nitrogens with zero attached hydrogens (tertiary/aromatic N) is 2. The maximum atomic E-state index is 12.3. The highest BCUT2D eigenvalue weighted by molar-refractivity contribution is 5.92. The van der Waals surface area contributed by atoms with Gasteiger partial charge in [-0.05, 0) is 12.1 Å². The Morgan fingerprint density at radius 2 is 1.79 bits per heavy atom. The third kappa shape index (κ3) is 6.01. The molecule has 1 heterocycles. The van der Waals surface area contributed by atoms with Crippen LogP contribution in [0, 0.1) is 0 Å². The smallest absolute Gasteiger partial charge is 0.401 e. The average molecular weight is 345 g/mol. The fraction of sp³-hybridized carbons (Fsp3) is 0.562. The maximum absolute atomic E-state index is 12.3. The van der Waals surface area contributed by atoms with Gasteiger partial charge in [0.1, 0.15) is 5.75 Å². The lowest BCUT2D eigenvalue weighted by molar-refractivity contribution is -0.149. The number of piperazine rings is 1. The largest absolute Gasteiger partial charge is 0.495 e. The van der Waals surface area contributed by atoms with Crippen LogP contribution in [0.3, 0.4) is 0 Å². The van der Waals surface area contributed by atoms with Crippen LogP contribution >= 0.6 is 0 Å². The minimum Gasteiger partial charge on any atom is -0.495 e. The molecule has 1 aromatic rings. The molecule has 2 rings (SSSR count). The second-order valence-corrected chi connectivity index (χ2v) is 5.73. The number of carbonyl (C=O) groups excluding carboxylic acids is 1. The van der Waals surface area contributed by atoms with Crippen molar-refractivity contribution in [3.05, 3.63) is 24.3 Å². The first-order valence-corrected chi connectivity index (χ1v) is 7.82. The number of anilines is 1. The monoisotopic (exact) mass is 345 g/mol. The number of halogens is 3. The highest BCUT2D eigenvalue weighted by Crippen LogP contribution is 2.23. The highest BCUT2D eigenvalue weighted by Gasteiger charge is 2.32. The van der Waals surface area contributed by atoms with E-state index in [9.17, 15) is 18.0 Å². The third-order valence-corrected chi connectivity index (χ3v) is 3.90. The van der Waals surface area contributed by atoms with Gasteiger partial charge in [-0.25, -0.2) is 0 Å². The predicted octanol–water partition coefficient (Wildman–Crippen LogP) is 2.20. The second-order valence-electron chi connectivity index (χ2n) is 5.73. The molecule has 0 atom stereocenters. The molecular formula is C16H22F3N3O2. The summed E-state index contributed by atoms with van der Waals surface area (Å²) >= 11 is 0. The normalized spacial score (nSPS) is 16.8. The Morgan fingerprint density at radius 1 is 1.17 bits per heavy atom. The van der Waals surface area contributed by atoms with Gasteiger partial charge in [0.25, 0.3) is 0 Å². The van der Waals surface area contributed by atoms with Gasteiger partial charge in [-0.15, -0.1) is 0 Å². The number of para-hydroxylation sites is 2. The maximum Gasteiger partial charge on any atom is 0.401 e. The van der Waals surface area contributed by atoms with Gasteiger partial charge >= 0.3 is 6.18 Å². The summed E-state index contributed by atoms with van der Waals surface area (Å²) in [4.78, 5) is 15.4. The molecule has 0 unspecified atom stereocenters. The number of hydrogen-bond acceptors (Lipinski definition) is 4. The average Bonchev–Trinajstić information content (AvgIpc) is 2.53. The predicted molar refractivity (Wildman–Crippen MR) is 85.2 cm³/mol. The summed E-state index contributed by atoms with van der Waals surface area (Å²) in [5.41, 5.74) is 0.611. The number of alkyl halides is 3. The van der Waals surface area contributed by atoms with Gasteiger partial charge in [0.05, 0.1) is 19.3 Å². The first-order chi connectivity index (χ1) is 11.4. The summed E-state index contributed by atoms with van der Waals surface area (Å²) in [5, 5.41) is 2.79. The molecule has 0 spiro atoms. The summed E-state index contributed by atoms with van der Waals surface area (Å²) < 4.78 is 42.2. The summed E-state index contributed by atoms with van der Waals surface area (Å²) in [5.74, 6) is 0.448. The van der Waals surface area contributed by atoms with Crippen LogP contribution in [0.15, 0.2) is 24.3 Å². The molecule has 0 radical (unpaired) electrons. The van der Waals surface area contributed by atoms with Crippen LogP contribution in [0.1, 0.15) is 6.42 Å². The van der Waals surface area contributed by atoms with E-state index in [0.717, 1.165) is 0 Å². The fourth-order valence-electron chi connectivity index (χ4n) is 2.64. The first-order valence-electron chi connectivity index (χ1n) is 7.82. The van der Waals surface area contributed by atoms with E-state index in [0.29, 0.717) is 44.2 Å². The number of methoxy groups -OCH3 is 1. The van der Waals surface area contributed by atoms with Gasteiger partial charge in [-0.2, -0.15) is 13.2 Å². The van der Waals surface area contributed by atoms with E-state index in [1.54, 1.807) is 18.2 Å². The van der Waals surface area contributed by atoms with Gasteiger partial charge in [0, 0.05) is 39.1 Å². The van der Waals surface area contributed by atoms with Crippen LogP contribution in [0.25, 0.3) is 0 Å². The minimum absolute atomic E-state index is 0.141.